The van der Waals surface area contributed by atoms with Gasteiger partial charge in [0, 0.05) is 11.1 Å². The molecule has 0 unspecified atom stereocenters. The second-order valence-corrected chi connectivity index (χ2v) is 7.69. The quantitative estimate of drug-likeness (QED) is 0.188. The number of halogens is 8. The molecule has 2 nitrogen and oxygen atoms in total. The van der Waals surface area contributed by atoms with E-state index < -0.39 is 69.2 Å². The highest BCUT2D eigenvalue weighted by Gasteiger charge is 2.27. The van der Waals surface area contributed by atoms with Gasteiger partial charge >= 0.3 is 0 Å². The Morgan fingerprint density at radius 2 is 0.763 bits per heavy atom. The molecule has 0 aliphatic rings. The normalized spacial score (nSPS) is 10.4. The summed E-state index contributed by atoms with van der Waals surface area (Å²) in [7, 11) is 0. The highest BCUT2D eigenvalue weighted by Crippen LogP contribution is 2.31. The molecule has 0 saturated heterocycles. The van der Waals surface area contributed by atoms with E-state index in [0.717, 1.165) is 0 Å². The van der Waals surface area contributed by atoms with Crippen LogP contribution in [0.2, 0.25) is 0 Å². The van der Waals surface area contributed by atoms with E-state index in [9.17, 15) is 35.1 Å². The molecule has 0 aromatic heterocycles. The fourth-order valence-corrected chi connectivity index (χ4v) is 3.01. The molecule has 3 rings (SSSR count). The monoisotopic (exact) mass is 538 g/mol. The van der Waals surface area contributed by atoms with Gasteiger partial charge in [-0.3, -0.25) is 0 Å². The van der Waals surface area contributed by atoms with Crippen molar-refractivity contribution in [1.82, 2.24) is 0 Å². The summed E-state index contributed by atoms with van der Waals surface area (Å²) in [4.78, 5) is 0. The smallest absolute Gasteiger partial charge is 0.205 e. The van der Waals surface area contributed by atoms with Gasteiger partial charge in [-0.2, -0.15) is 17.6 Å². The van der Waals surface area contributed by atoms with Gasteiger partial charge in [0.1, 0.15) is 11.1 Å². The van der Waals surface area contributed by atoms with Crippen LogP contribution >= 0.6 is 0 Å². The fourth-order valence-electron chi connectivity index (χ4n) is 3.01. The molecule has 0 heterocycles. The van der Waals surface area contributed by atoms with Crippen LogP contribution in [0.4, 0.5) is 35.1 Å². The van der Waals surface area contributed by atoms with Crippen molar-refractivity contribution in [2.75, 3.05) is 13.2 Å². The lowest BCUT2D eigenvalue weighted by Gasteiger charge is -2.10. The molecule has 0 saturated carbocycles. The SMILES string of the molecule is CCCOc1c(F)c(F)c(C#Cc2ccc(C#Cc3c(F)c(F)c(OCCC)c(F)c3F)cc2)c(F)c1F. The Kier molecular flexibility index (Phi) is 9.25. The zero-order valence-electron chi connectivity index (χ0n) is 20.0. The average molecular weight is 538 g/mol. The van der Waals surface area contributed by atoms with E-state index in [0.29, 0.717) is 12.8 Å². The van der Waals surface area contributed by atoms with E-state index in [1.54, 1.807) is 13.8 Å². The molecule has 0 fully saturated rings. The van der Waals surface area contributed by atoms with Crippen molar-refractivity contribution >= 4 is 0 Å². The van der Waals surface area contributed by atoms with Gasteiger partial charge in [0.2, 0.25) is 23.3 Å². The first-order valence-corrected chi connectivity index (χ1v) is 11.2. The highest BCUT2D eigenvalue weighted by molar-refractivity contribution is 5.51. The molecule has 3 aromatic rings. The molecule has 0 atom stereocenters. The summed E-state index contributed by atoms with van der Waals surface area (Å²) in [5, 5.41) is 0. The summed E-state index contributed by atoms with van der Waals surface area (Å²) >= 11 is 0. The molecule has 0 spiro atoms. The zero-order valence-corrected chi connectivity index (χ0v) is 20.0. The first kappa shape index (κ1) is 28.4. The molecule has 0 N–H and O–H groups in total. The maximum atomic E-state index is 14.3. The van der Waals surface area contributed by atoms with Crippen LogP contribution < -0.4 is 9.47 Å². The highest BCUT2D eigenvalue weighted by atomic mass is 19.2. The summed E-state index contributed by atoms with van der Waals surface area (Å²) < 4.78 is 123. The predicted octanol–water partition coefficient (Wildman–Crippen LogP) is 7.18. The van der Waals surface area contributed by atoms with Gasteiger partial charge in [-0.1, -0.05) is 37.5 Å². The molecular formula is C28H18F8O2. The van der Waals surface area contributed by atoms with Crippen LogP contribution in [0.15, 0.2) is 24.3 Å². The Balaban J connectivity index is 1.88. The summed E-state index contributed by atoms with van der Waals surface area (Å²) in [6, 6.07) is 5.14. The van der Waals surface area contributed by atoms with Crippen LogP contribution in [-0.2, 0) is 0 Å². The van der Waals surface area contributed by atoms with Gasteiger partial charge in [-0.15, -0.1) is 0 Å². The van der Waals surface area contributed by atoms with E-state index in [1.807, 2.05) is 11.8 Å². The summed E-state index contributed by atoms with van der Waals surface area (Å²) in [6.07, 6.45) is 0.698. The van der Waals surface area contributed by atoms with Gasteiger partial charge in [-0.05, 0) is 37.1 Å². The van der Waals surface area contributed by atoms with Crippen molar-refractivity contribution in [2.45, 2.75) is 26.7 Å². The Morgan fingerprint density at radius 1 is 0.474 bits per heavy atom. The van der Waals surface area contributed by atoms with Crippen LogP contribution in [0, 0.1) is 70.2 Å². The minimum Gasteiger partial charge on any atom is -0.487 e. The van der Waals surface area contributed by atoms with Gasteiger partial charge < -0.3 is 9.47 Å². The third-order valence-corrected chi connectivity index (χ3v) is 4.90. The maximum Gasteiger partial charge on any atom is 0.205 e. The van der Waals surface area contributed by atoms with Crippen LogP contribution in [-0.4, -0.2) is 13.2 Å². The predicted molar refractivity (Wildman–Crippen MR) is 123 cm³/mol. The van der Waals surface area contributed by atoms with Crippen LogP contribution in [0.5, 0.6) is 11.5 Å². The summed E-state index contributed by atoms with van der Waals surface area (Å²) in [6.45, 7) is 2.96. The van der Waals surface area contributed by atoms with E-state index in [2.05, 4.69) is 11.8 Å². The lowest BCUT2D eigenvalue weighted by Crippen LogP contribution is -2.07. The molecule has 10 heteroatoms. The first-order chi connectivity index (χ1) is 18.1. The maximum absolute atomic E-state index is 14.3. The molecule has 38 heavy (non-hydrogen) atoms. The largest absolute Gasteiger partial charge is 0.487 e. The second kappa shape index (κ2) is 12.4. The second-order valence-electron chi connectivity index (χ2n) is 7.69. The summed E-state index contributed by atoms with van der Waals surface area (Å²) in [5.41, 5.74) is -2.02. The van der Waals surface area contributed by atoms with Crippen LogP contribution in [0.1, 0.15) is 48.9 Å². The van der Waals surface area contributed by atoms with Crippen LogP contribution in [0.3, 0.4) is 0 Å². The third-order valence-electron chi connectivity index (χ3n) is 4.90. The third kappa shape index (κ3) is 5.86. The van der Waals surface area contributed by atoms with Crippen molar-refractivity contribution in [3.8, 4) is 35.2 Å². The average Bonchev–Trinajstić information content (AvgIpc) is 2.91. The molecule has 0 bridgehead atoms. The van der Waals surface area contributed by atoms with E-state index in [-0.39, 0.29) is 24.3 Å². The Morgan fingerprint density at radius 3 is 1.03 bits per heavy atom. The molecule has 0 aliphatic heterocycles. The zero-order chi connectivity index (χ0) is 28.0. The Bertz CT molecular complexity index is 1310. The number of hydrogen-bond donors (Lipinski definition) is 0. The minimum absolute atomic E-state index is 0.133. The minimum atomic E-state index is -1.72. The molecule has 198 valence electrons. The van der Waals surface area contributed by atoms with Crippen LogP contribution in [0.25, 0.3) is 0 Å². The van der Waals surface area contributed by atoms with E-state index in [4.69, 9.17) is 9.47 Å². The first-order valence-electron chi connectivity index (χ1n) is 11.2. The van der Waals surface area contributed by atoms with E-state index in [1.165, 1.54) is 24.3 Å². The van der Waals surface area contributed by atoms with Crippen molar-refractivity contribution in [3.05, 3.63) is 93.1 Å². The van der Waals surface area contributed by atoms with Crippen molar-refractivity contribution in [3.63, 3.8) is 0 Å². The molecule has 0 radical (unpaired) electrons. The Hall–Kier alpha value is -4.18. The number of rotatable bonds is 6. The van der Waals surface area contributed by atoms with Gasteiger partial charge in [0.05, 0.1) is 13.2 Å². The Labute approximate surface area is 213 Å². The van der Waals surface area contributed by atoms with Gasteiger partial charge in [0.15, 0.2) is 34.8 Å². The topological polar surface area (TPSA) is 18.5 Å². The van der Waals surface area contributed by atoms with Crippen molar-refractivity contribution < 1.29 is 44.6 Å². The lowest BCUT2D eigenvalue weighted by molar-refractivity contribution is 0.271. The molecule has 3 aromatic carbocycles. The standard InChI is InChI=1S/C28H18F8O2/c1-3-13-37-27-23(33)19(29)17(20(30)24(27)34)11-9-15-5-7-16(8-6-15)10-12-18-21(31)25(35)28(38-14-4-2)26(36)22(18)32/h5-8H,3-4,13-14H2,1-2H3. The number of benzene rings is 3. The van der Waals surface area contributed by atoms with Crippen molar-refractivity contribution in [1.29, 1.82) is 0 Å². The van der Waals surface area contributed by atoms with Gasteiger partial charge in [-0.25, -0.2) is 17.6 Å². The number of hydrogen-bond acceptors (Lipinski definition) is 2. The molecular weight excluding hydrogens is 520 g/mol. The van der Waals surface area contributed by atoms with Crippen molar-refractivity contribution in [2.24, 2.45) is 0 Å². The number of ether oxygens (including phenoxy) is 2. The summed E-state index contributed by atoms with van der Waals surface area (Å²) in [5.74, 6) is -7.41. The lowest BCUT2D eigenvalue weighted by atomic mass is 10.1. The molecule has 0 amide bonds. The van der Waals surface area contributed by atoms with Gasteiger partial charge in [0.25, 0.3) is 0 Å². The van der Waals surface area contributed by atoms with E-state index >= 15 is 0 Å². The molecule has 0 aliphatic carbocycles. The fraction of sp³-hybridized carbons (Fsp3) is 0.214.